The Labute approximate surface area is 165 Å². The van der Waals surface area contributed by atoms with E-state index in [9.17, 15) is 9.00 Å². The van der Waals surface area contributed by atoms with Crippen LogP contribution in [0.4, 0.5) is 0 Å². The van der Waals surface area contributed by atoms with Crippen LogP contribution in [0.1, 0.15) is 11.1 Å². The van der Waals surface area contributed by atoms with Gasteiger partial charge >= 0.3 is 0 Å². The number of rotatable bonds is 6. The summed E-state index contributed by atoms with van der Waals surface area (Å²) < 4.78 is 26.0. The smallest absolute Gasteiger partial charge is 0.262 e. The number of halogens is 1. The summed E-state index contributed by atoms with van der Waals surface area (Å²) in [4.78, 5) is 12.3. The van der Waals surface area contributed by atoms with Gasteiger partial charge in [0.25, 0.3) is 5.91 Å². The van der Waals surface area contributed by atoms with E-state index in [-0.39, 0.29) is 17.6 Å². The molecule has 6 nitrogen and oxygen atoms in total. The molecule has 0 spiro atoms. The number of carbonyl (C=O) groups is 1. The molecule has 0 aliphatic carbocycles. The molecule has 1 aliphatic heterocycles. The normalized spacial score (nSPS) is 16.9. The number of hydrogen-bond donors (Lipinski definition) is 0. The first-order chi connectivity index (χ1) is 13.0. The van der Waals surface area contributed by atoms with Crippen LogP contribution < -0.4 is 9.47 Å². The van der Waals surface area contributed by atoms with Gasteiger partial charge in [0.05, 0.1) is 27.3 Å². The van der Waals surface area contributed by atoms with Gasteiger partial charge in [-0.2, -0.15) is 0 Å². The summed E-state index contributed by atoms with van der Waals surface area (Å²) >= 11 is 4.46. The zero-order chi connectivity index (χ0) is 19.4. The lowest BCUT2D eigenvalue weighted by atomic mass is 10.2. The summed E-state index contributed by atoms with van der Waals surface area (Å²) in [6, 6.07) is 14.6. The highest BCUT2D eigenvalue weighted by Crippen LogP contribution is 2.26. The molecule has 1 aliphatic rings. The molecule has 1 atom stereocenters. The molecular weight excluding hydrogens is 388 g/mol. The van der Waals surface area contributed by atoms with Gasteiger partial charge in [-0.25, -0.2) is 8.51 Å². The van der Waals surface area contributed by atoms with E-state index in [2.05, 4.69) is 0 Å². The molecule has 0 radical (unpaired) electrons. The van der Waals surface area contributed by atoms with Crippen molar-refractivity contribution in [3.05, 3.63) is 70.9 Å². The number of ether oxygens (including phenoxy) is 2. The molecule has 2 aromatic rings. The van der Waals surface area contributed by atoms with Gasteiger partial charge in [0.1, 0.15) is 16.7 Å². The van der Waals surface area contributed by atoms with Crippen molar-refractivity contribution in [2.75, 3.05) is 14.2 Å². The average molecular weight is 407 g/mol. The van der Waals surface area contributed by atoms with Crippen LogP contribution in [0.2, 0.25) is 0 Å². The fraction of sp³-hybridized carbons (Fsp3) is 0.211. The zero-order valence-corrected chi connectivity index (χ0v) is 16.5. The first-order valence-corrected chi connectivity index (χ1v) is 9.60. The predicted molar refractivity (Wildman–Crippen MR) is 104 cm³/mol. The number of benzene rings is 2. The van der Waals surface area contributed by atoms with Gasteiger partial charge in [0, 0.05) is 6.08 Å². The Hall–Kier alpha value is -2.51. The third-order valence-electron chi connectivity index (χ3n) is 4.07. The summed E-state index contributed by atoms with van der Waals surface area (Å²) in [7, 11) is 3.18. The molecule has 142 valence electrons. The van der Waals surface area contributed by atoms with Gasteiger partial charge < -0.3 is 9.47 Å². The quantitative estimate of drug-likeness (QED) is 0.691. The number of nitrogens with zero attached hydrogens (tertiary/aromatic N) is 2. The van der Waals surface area contributed by atoms with Crippen molar-refractivity contribution in [1.29, 1.82) is 0 Å². The third kappa shape index (κ3) is 4.43. The molecule has 8 heteroatoms. The van der Waals surface area contributed by atoms with Crippen LogP contribution in [0, 0.1) is 0 Å². The molecule has 27 heavy (non-hydrogen) atoms. The summed E-state index contributed by atoms with van der Waals surface area (Å²) in [6.07, 6.45) is 1.29. The van der Waals surface area contributed by atoms with Gasteiger partial charge in [-0.15, -0.1) is 0 Å². The maximum Gasteiger partial charge on any atom is 0.262 e. The van der Waals surface area contributed by atoms with Gasteiger partial charge in [-0.3, -0.25) is 9.10 Å². The standard InChI is InChI=1S/C19H19ClN2O4S/c1-25-16-7-3-14(4-8-16)12-21-18(20)11-19(23)22(27(21)24)13-15-5-9-17(26-2)10-6-15/h3-11H,12-13H2,1-2H3. The van der Waals surface area contributed by atoms with Gasteiger partial charge in [0.2, 0.25) is 11.2 Å². The van der Waals surface area contributed by atoms with Crippen molar-refractivity contribution in [3.8, 4) is 11.5 Å². The highest BCUT2D eigenvalue weighted by atomic mass is 35.5. The molecule has 0 bridgehead atoms. The van der Waals surface area contributed by atoms with Gasteiger partial charge in [-0.1, -0.05) is 35.9 Å². The lowest BCUT2D eigenvalue weighted by molar-refractivity contribution is -0.122. The minimum Gasteiger partial charge on any atom is -0.497 e. The van der Waals surface area contributed by atoms with E-state index < -0.39 is 11.2 Å². The second-order valence-corrected chi connectivity index (χ2v) is 7.54. The van der Waals surface area contributed by atoms with Gasteiger partial charge in [-0.05, 0) is 35.4 Å². The molecule has 1 unspecified atom stereocenters. The van der Waals surface area contributed by atoms with Crippen LogP contribution in [0.25, 0.3) is 0 Å². The highest BCUT2D eigenvalue weighted by Gasteiger charge is 2.31. The third-order valence-corrected chi connectivity index (χ3v) is 5.88. The lowest BCUT2D eigenvalue weighted by Crippen LogP contribution is -2.43. The largest absolute Gasteiger partial charge is 0.497 e. The molecular formula is C19H19ClN2O4S. The summed E-state index contributed by atoms with van der Waals surface area (Å²) in [5.41, 5.74) is 1.74. The van der Waals surface area contributed by atoms with Gasteiger partial charge in [0.15, 0.2) is 0 Å². The number of methoxy groups -OCH3 is 2. The lowest BCUT2D eigenvalue weighted by Gasteiger charge is -2.32. The topological polar surface area (TPSA) is 59.1 Å². The Morgan fingerprint density at radius 1 is 0.852 bits per heavy atom. The summed E-state index contributed by atoms with van der Waals surface area (Å²) in [5, 5.41) is 0.153. The van der Waals surface area contributed by atoms with E-state index in [1.807, 2.05) is 36.4 Å². The molecule has 3 rings (SSSR count). The number of carbonyl (C=O) groups excluding carboxylic acids is 1. The molecule has 2 aromatic carbocycles. The fourth-order valence-electron chi connectivity index (χ4n) is 2.57. The molecule has 0 fully saturated rings. The van der Waals surface area contributed by atoms with Crippen LogP contribution in [0.5, 0.6) is 11.5 Å². The first kappa shape index (κ1) is 19.3. The second-order valence-electron chi connectivity index (χ2n) is 5.81. The molecule has 0 saturated carbocycles. The Bertz CT molecular complexity index is 868. The van der Waals surface area contributed by atoms with Crippen molar-refractivity contribution in [3.63, 3.8) is 0 Å². The predicted octanol–water partition coefficient (Wildman–Crippen LogP) is 3.21. The minimum absolute atomic E-state index is 0.153. The molecule has 0 aromatic heterocycles. The van der Waals surface area contributed by atoms with E-state index in [1.54, 1.807) is 26.4 Å². The second kappa shape index (κ2) is 8.45. The van der Waals surface area contributed by atoms with E-state index in [0.29, 0.717) is 12.3 Å². The Morgan fingerprint density at radius 2 is 1.30 bits per heavy atom. The first-order valence-electron chi connectivity index (χ1n) is 8.16. The van der Waals surface area contributed by atoms with Crippen LogP contribution in [-0.2, 0) is 29.1 Å². The van der Waals surface area contributed by atoms with Crippen molar-refractivity contribution in [2.45, 2.75) is 13.1 Å². The van der Waals surface area contributed by atoms with E-state index in [1.165, 1.54) is 14.7 Å². The maximum atomic E-state index is 13.0. The Morgan fingerprint density at radius 3 is 1.74 bits per heavy atom. The van der Waals surface area contributed by atoms with E-state index >= 15 is 0 Å². The number of hydrogen-bond acceptors (Lipinski definition) is 4. The Kier molecular flexibility index (Phi) is 6.03. The maximum absolute atomic E-state index is 13.0. The molecule has 1 heterocycles. The molecule has 0 saturated heterocycles. The van der Waals surface area contributed by atoms with Crippen LogP contribution in [-0.4, -0.2) is 32.9 Å². The molecule has 1 amide bonds. The van der Waals surface area contributed by atoms with Crippen LogP contribution >= 0.6 is 11.6 Å². The highest BCUT2D eigenvalue weighted by molar-refractivity contribution is 7.81. The Balaban J connectivity index is 1.77. The van der Waals surface area contributed by atoms with Crippen molar-refractivity contribution in [1.82, 2.24) is 8.61 Å². The summed E-state index contributed by atoms with van der Waals surface area (Å²) in [5.74, 6) is 1.06. The van der Waals surface area contributed by atoms with Crippen molar-refractivity contribution >= 4 is 28.7 Å². The van der Waals surface area contributed by atoms with Crippen LogP contribution in [0.3, 0.4) is 0 Å². The monoisotopic (exact) mass is 406 g/mol. The fourth-order valence-corrected chi connectivity index (χ4v) is 4.07. The van der Waals surface area contributed by atoms with E-state index in [4.69, 9.17) is 21.1 Å². The summed E-state index contributed by atoms with van der Waals surface area (Å²) in [6.45, 7) is 0.507. The van der Waals surface area contributed by atoms with Crippen molar-refractivity contribution < 1.29 is 18.5 Å². The number of amides is 1. The van der Waals surface area contributed by atoms with E-state index in [0.717, 1.165) is 16.9 Å². The molecule has 0 N–H and O–H groups in total. The SMILES string of the molecule is COc1ccc(CN2C(=O)C=C(Cl)N(Cc3ccc(OC)cc3)S2=O)cc1. The van der Waals surface area contributed by atoms with Crippen LogP contribution in [0.15, 0.2) is 59.8 Å². The average Bonchev–Trinajstić information content (AvgIpc) is 2.69. The zero-order valence-electron chi connectivity index (χ0n) is 14.9. The minimum atomic E-state index is -1.74. The van der Waals surface area contributed by atoms with Crippen molar-refractivity contribution in [2.24, 2.45) is 0 Å².